The van der Waals surface area contributed by atoms with E-state index in [9.17, 15) is 4.79 Å². The molecule has 0 aromatic rings. The fourth-order valence-electron chi connectivity index (χ4n) is 3.09. The summed E-state index contributed by atoms with van der Waals surface area (Å²) in [5.41, 5.74) is 0. The summed E-state index contributed by atoms with van der Waals surface area (Å²) < 4.78 is 10.7. The van der Waals surface area contributed by atoms with Gasteiger partial charge in [0.2, 0.25) is 0 Å². The normalized spacial score (nSPS) is 30.4. The summed E-state index contributed by atoms with van der Waals surface area (Å²) in [5, 5.41) is 3.30. The van der Waals surface area contributed by atoms with Gasteiger partial charge in [-0.1, -0.05) is 19.8 Å². The van der Waals surface area contributed by atoms with Gasteiger partial charge < -0.3 is 14.8 Å². The fraction of sp³-hybridized carbons (Fsp3) is 0.929. The summed E-state index contributed by atoms with van der Waals surface area (Å²) >= 11 is 0. The first-order chi connectivity index (χ1) is 8.83. The van der Waals surface area contributed by atoms with Gasteiger partial charge in [-0.2, -0.15) is 0 Å². The minimum absolute atomic E-state index is 0.0619. The molecule has 4 heteroatoms. The van der Waals surface area contributed by atoms with Gasteiger partial charge in [-0.05, 0) is 37.6 Å². The number of nitrogens with one attached hydrogen (secondary N) is 1. The average Bonchev–Trinajstić information content (AvgIpc) is 2.95. The second-order valence-corrected chi connectivity index (χ2v) is 5.37. The van der Waals surface area contributed by atoms with Crippen molar-refractivity contribution in [1.82, 2.24) is 5.32 Å². The Hall–Kier alpha value is -0.610. The van der Waals surface area contributed by atoms with Crippen molar-refractivity contribution in [3.63, 3.8) is 0 Å². The molecule has 3 unspecified atom stereocenters. The number of hydrogen-bond acceptors (Lipinski definition) is 4. The quantitative estimate of drug-likeness (QED) is 0.556. The maximum atomic E-state index is 11.9. The summed E-state index contributed by atoms with van der Waals surface area (Å²) in [7, 11) is 0. The number of carbonyl (C=O) groups excluding carboxylic acids is 1. The number of esters is 1. The Bertz CT molecular complexity index is 270. The van der Waals surface area contributed by atoms with Gasteiger partial charge in [0.1, 0.15) is 12.6 Å². The Morgan fingerprint density at radius 2 is 2.17 bits per heavy atom. The van der Waals surface area contributed by atoms with Crippen molar-refractivity contribution >= 4 is 5.97 Å². The zero-order chi connectivity index (χ0) is 12.8. The lowest BCUT2D eigenvalue weighted by Gasteiger charge is -2.16. The molecule has 1 aliphatic carbocycles. The van der Waals surface area contributed by atoms with Crippen LogP contribution in [0, 0.1) is 11.8 Å². The molecule has 0 aromatic carbocycles. The topological polar surface area (TPSA) is 47.6 Å². The maximum Gasteiger partial charge on any atom is 0.323 e. The number of ether oxygens (including phenoxy) is 2. The van der Waals surface area contributed by atoms with Gasteiger partial charge in [0.15, 0.2) is 0 Å². The van der Waals surface area contributed by atoms with E-state index in [1.165, 1.54) is 19.3 Å². The zero-order valence-electron chi connectivity index (χ0n) is 11.3. The summed E-state index contributed by atoms with van der Waals surface area (Å²) in [5.74, 6) is 1.13. The summed E-state index contributed by atoms with van der Waals surface area (Å²) in [6, 6.07) is -0.0619. The second kappa shape index (κ2) is 7.10. The Labute approximate surface area is 109 Å². The molecule has 1 aliphatic heterocycles. The largest absolute Gasteiger partial charge is 0.462 e. The zero-order valence-corrected chi connectivity index (χ0v) is 11.3. The van der Waals surface area contributed by atoms with Crippen molar-refractivity contribution < 1.29 is 14.3 Å². The number of rotatable bonds is 7. The molecule has 2 fully saturated rings. The predicted molar refractivity (Wildman–Crippen MR) is 69.3 cm³/mol. The minimum Gasteiger partial charge on any atom is -0.462 e. The Kier molecular flexibility index (Phi) is 5.45. The second-order valence-electron chi connectivity index (χ2n) is 5.37. The van der Waals surface area contributed by atoms with Crippen LogP contribution in [0.5, 0.6) is 0 Å². The molecule has 0 spiro atoms. The Morgan fingerprint density at radius 1 is 1.28 bits per heavy atom. The van der Waals surface area contributed by atoms with Gasteiger partial charge in [0.05, 0.1) is 6.61 Å². The number of hydrogen-bond donors (Lipinski definition) is 1. The van der Waals surface area contributed by atoms with Gasteiger partial charge in [-0.3, -0.25) is 4.79 Å². The lowest BCUT2D eigenvalue weighted by atomic mass is 9.94. The standard InChI is InChI=1S/C14H25NO3/c1-2-3-7-17-8-9-18-14(16)13-12-6-4-5-11(12)10-15-13/h11-13,15H,2-10H2,1H3. The summed E-state index contributed by atoms with van der Waals surface area (Å²) in [6.45, 7) is 4.79. The van der Waals surface area contributed by atoms with Crippen molar-refractivity contribution in [2.24, 2.45) is 11.8 Å². The van der Waals surface area contributed by atoms with E-state index >= 15 is 0 Å². The van der Waals surface area contributed by atoms with E-state index in [1.807, 2.05) is 0 Å². The van der Waals surface area contributed by atoms with Crippen LogP contribution in [0.4, 0.5) is 0 Å². The summed E-state index contributed by atoms with van der Waals surface area (Å²) in [6.07, 6.45) is 5.91. The molecule has 0 aromatic heterocycles. The van der Waals surface area contributed by atoms with Crippen LogP contribution in [0.25, 0.3) is 0 Å². The van der Waals surface area contributed by atoms with Crippen LogP contribution in [-0.4, -0.2) is 38.4 Å². The third-order valence-electron chi connectivity index (χ3n) is 4.11. The molecule has 104 valence electrons. The maximum absolute atomic E-state index is 11.9. The molecule has 3 atom stereocenters. The molecular weight excluding hydrogens is 230 g/mol. The van der Waals surface area contributed by atoms with Gasteiger partial charge in [0, 0.05) is 6.61 Å². The van der Waals surface area contributed by atoms with Crippen LogP contribution in [-0.2, 0) is 14.3 Å². The van der Waals surface area contributed by atoms with Gasteiger partial charge in [0.25, 0.3) is 0 Å². The fourth-order valence-corrected chi connectivity index (χ4v) is 3.09. The highest BCUT2D eigenvalue weighted by Crippen LogP contribution is 2.37. The first kappa shape index (κ1) is 13.8. The van der Waals surface area contributed by atoms with E-state index in [-0.39, 0.29) is 12.0 Å². The molecule has 1 saturated carbocycles. The highest BCUT2D eigenvalue weighted by Gasteiger charge is 2.43. The lowest BCUT2D eigenvalue weighted by molar-refractivity contribution is -0.148. The highest BCUT2D eigenvalue weighted by atomic mass is 16.6. The van der Waals surface area contributed by atoms with Crippen molar-refractivity contribution in [2.45, 2.75) is 45.1 Å². The number of carbonyl (C=O) groups is 1. The van der Waals surface area contributed by atoms with E-state index in [4.69, 9.17) is 9.47 Å². The number of unbranched alkanes of at least 4 members (excludes halogenated alkanes) is 1. The molecule has 1 saturated heterocycles. The Morgan fingerprint density at radius 3 is 3.00 bits per heavy atom. The van der Waals surface area contributed by atoms with Crippen molar-refractivity contribution in [3.8, 4) is 0 Å². The van der Waals surface area contributed by atoms with Crippen molar-refractivity contribution in [2.75, 3.05) is 26.4 Å². The van der Waals surface area contributed by atoms with Crippen molar-refractivity contribution in [3.05, 3.63) is 0 Å². The Balaban J connectivity index is 1.60. The lowest BCUT2D eigenvalue weighted by Crippen LogP contribution is -2.37. The smallest absolute Gasteiger partial charge is 0.323 e. The molecular formula is C14H25NO3. The molecule has 4 nitrogen and oxygen atoms in total. The van der Waals surface area contributed by atoms with E-state index in [2.05, 4.69) is 12.2 Å². The van der Waals surface area contributed by atoms with Crippen LogP contribution in [0.3, 0.4) is 0 Å². The van der Waals surface area contributed by atoms with E-state index in [0.29, 0.717) is 25.0 Å². The molecule has 1 N–H and O–H groups in total. The third-order valence-corrected chi connectivity index (χ3v) is 4.11. The SMILES string of the molecule is CCCCOCCOC(=O)C1NCC2CCCC21. The molecule has 2 aliphatic rings. The number of fused-ring (bicyclic) bond motifs is 1. The van der Waals surface area contributed by atoms with Gasteiger partial charge >= 0.3 is 5.97 Å². The van der Waals surface area contributed by atoms with Crippen LogP contribution in [0.2, 0.25) is 0 Å². The molecule has 1 heterocycles. The predicted octanol–water partition coefficient (Wildman–Crippen LogP) is 1.73. The molecule has 2 rings (SSSR count). The molecule has 0 radical (unpaired) electrons. The first-order valence-corrected chi connectivity index (χ1v) is 7.30. The van der Waals surface area contributed by atoms with E-state index in [0.717, 1.165) is 26.0 Å². The average molecular weight is 255 g/mol. The van der Waals surface area contributed by atoms with Gasteiger partial charge in [-0.15, -0.1) is 0 Å². The van der Waals surface area contributed by atoms with Crippen molar-refractivity contribution in [1.29, 1.82) is 0 Å². The first-order valence-electron chi connectivity index (χ1n) is 7.30. The summed E-state index contributed by atoms with van der Waals surface area (Å²) in [4.78, 5) is 11.9. The highest BCUT2D eigenvalue weighted by molar-refractivity contribution is 5.76. The van der Waals surface area contributed by atoms with Crippen LogP contribution >= 0.6 is 0 Å². The molecule has 18 heavy (non-hydrogen) atoms. The molecule has 0 bridgehead atoms. The monoisotopic (exact) mass is 255 g/mol. The van der Waals surface area contributed by atoms with E-state index in [1.54, 1.807) is 0 Å². The minimum atomic E-state index is -0.0801. The van der Waals surface area contributed by atoms with Gasteiger partial charge in [-0.25, -0.2) is 0 Å². The molecule has 0 amide bonds. The van der Waals surface area contributed by atoms with Crippen LogP contribution in [0.1, 0.15) is 39.0 Å². The third kappa shape index (κ3) is 3.45. The van der Waals surface area contributed by atoms with Crippen LogP contribution < -0.4 is 5.32 Å². The van der Waals surface area contributed by atoms with Crippen LogP contribution in [0.15, 0.2) is 0 Å². The van der Waals surface area contributed by atoms with E-state index < -0.39 is 0 Å².